The van der Waals surface area contributed by atoms with Crippen LogP contribution in [0.4, 0.5) is 5.69 Å². The average molecular weight is 547 g/mol. The van der Waals surface area contributed by atoms with Gasteiger partial charge in [-0.3, -0.25) is 14.4 Å². The van der Waals surface area contributed by atoms with Crippen LogP contribution in [0, 0.1) is 5.92 Å². The number of ether oxygens (including phenoxy) is 2. The van der Waals surface area contributed by atoms with Crippen molar-refractivity contribution >= 4 is 64.1 Å². The average Bonchev–Trinajstić information content (AvgIpc) is 3.24. The second-order valence-corrected chi connectivity index (χ2v) is 9.23. The van der Waals surface area contributed by atoms with Crippen LogP contribution >= 0.6 is 34.8 Å². The zero-order chi connectivity index (χ0) is 25.8. The molecule has 1 heterocycles. The highest BCUT2D eigenvalue weighted by molar-refractivity contribution is 6.36. The zero-order valence-corrected chi connectivity index (χ0v) is 20.8. The predicted octanol–water partition coefficient (Wildman–Crippen LogP) is 5.65. The van der Waals surface area contributed by atoms with E-state index in [0.29, 0.717) is 15.7 Å². The van der Waals surface area contributed by atoms with Gasteiger partial charge in [-0.15, -0.1) is 0 Å². The van der Waals surface area contributed by atoms with Gasteiger partial charge in [0.25, 0.3) is 0 Å². The Bertz CT molecular complexity index is 1340. The normalized spacial score (nSPS) is 15.0. The van der Waals surface area contributed by atoms with E-state index in [2.05, 4.69) is 0 Å². The van der Waals surface area contributed by atoms with Crippen LogP contribution in [0.2, 0.25) is 15.1 Å². The molecule has 4 rings (SSSR count). The van der Waals surface area contributed by atoms with Gasteiger partial charge in [-0.05, 0) is 60.7 Å². The molecular formula is C26H18Cl3NO6. The number of ketones is 1. The molecule has 0 saturated carbocycles. The third-order valence-corrected chi connectivity index (χ3v) is 6.24. The Morgan fingerprint density at radius 1 is 0.917 bits per heavy atom. The lowest BCUT2D eigenvalue weighted by atomic mass is 10.1. The Hall–Kier alpha value is -3.39. The first-order valence-corrected chi connectivity index (χ1v) is 11.9. The van der Waals surface area contributed by atoms with Crippen molar-refractivity contribution in [1.29, 1.82) is 0 Å². The highest BCUT2D eigenvalue weighted by Crippen LogP contribution is 2.28. The number of Topliss-reactive ketones (excluding diaryl/α,β-unsaturated/α-hetero) is 1. The summed E-state index contributed by atoms with van der Waals surface area (Å²) in [7, 11) is 0. The summed E-state index contributed by atoms with van der Waals surface area (Å²) in [6, 6.07) is 16.9. The van der Waals surface area contributed by atoms with E-state index in [1.165, 1.54) is 47.4 Å². The van der Waals surface area contributed by atoms with E-state index in [0.717, 1.165) is 0 Å². The third kappa shape index (κ3) is 6.05. The fourth-order valence-electron chi connectivity index (χ4n) is 3.62. The SMILES string of the molecule is O=C(COC(=O)[C@@H]1CC(=O)N(c2cccc(Cl)c2)C1)c1ccc(OC(=O)c2ccc(Cl)cc2Cl)cc1. The fourth-order valence-corrected chi connectivity index (χ4v) is 4.29. The standard InChI is InChI=1S/C26H18Cl3NO6/c27-17-2-1-3-19(11-17)30-13-16(10-24(30)32)25(33)35-14-23(31)15-4-7-20(8-5-15)36-26(34)21-9-6-18(28)12-22(21)29/h1-9,11-12,16H,10,13-14H2/t16-/m1/s1. The number of amides is 1. The van der Waals surface area contributed by atoms with Gasteiger partial charge in [0, 0.05) is 34.3 Å². The van der Waals surface area contributed by atoms with Crippen LogP contribution in [0.5, 0.6) is 5.75 Å². The van der Waals surface area contributed by atoms with Gasteiger partial charge in [0.05, 0.1) is 16.5 Å². The van der Waals surface area contributed by atoms with E-state index in [1.807, 2.05) is 0 Å². The van der Waals surface area contributed by atoms with Crippen molar-refractivity contribution in [1.82, 2.24) is 0 Å². The highest BCUT2D eigenvalue weighted by Gasteiger charge is 2.36. The first kappa shape index (κ1) is 25.7. The van der Waals surface area contributed by atoms with Crippen molar-refractivity contribution in [3.63, 3.8) is 0 Å². The quantitative estimate of drug-likeness (QED) is 0.216. The second kappa shape index (κ2) is 11.1. The molecule has 1 aliphatic rings. The molecule has 1 amide bonds. The Balaban J connectivity index is 1.30. The number of hydrogen-bond acceptors (Lipinski definition) is 6. The number of benzene rings is 3. The first-order valence-electron chi connectivity index (χ1n) is 10.7. The smallest absolute Gasteiger partial charge is 0.345 e. The third-order valence-electron chi connectivity index (χ3n) is 5.46. The van der Waals surface area contributed by atoms with Crippen LogP contribution in [-0.2, 0) is 14.3 Å². The number of anilines is 1. The molecular weight excluding hydrogens is 529 g/mol. The number of nitrogens with zero attached hydrogens (tertiary/aromatic N) is 1. The Labute approximate surface area is 221 Å². The van der Waals surface area contributed by atoms with Crippen LogP contribution < -0.4 is 9.64 Å². The van der Waals surface area contributed by atoms with E-state index in [1.54, 1.807) is 24.3 Å². The molecule has 1 aliphatic heterocycles. The maximum absolute atomic E-state index is 12.5. The predicted molar refractivity (Wildman–Crippen MR) is 135 cm³/mol. The van der Waals surface area contributed by atoms with Crippen molar-refractivity contribution < 1.29 is 28.7 Å². The van der Waals surface area contributed by atoms with Crippen molar-refractivity contribution in [3.05, 3.63) is 92.9 Å². The minimum Gasteiger partial charge on any atom is -0.457 e. The largest absolute Gasteiger partial charge is 0.457 e. The Morgan fingerprint density at radius 3 is 2.33 bits per heavy atom. The number of rotatable bonds is 7. The number of esters is 2. The van der Waals surface area contributed by atoms with Crippen molar-refractivity contribution in [2.45, 2.75) is 6.42 Å². The summed E-state index contributed by atoms with van der Waals surface area (Å²) in [6.07, 6.45) is -0.0166. The molecule has 0 unspecified atom stereocenters. The van der Waals surface area contributed by atoms with Gasteiger partial charge in [0.15, 0.2) is 12.4 Å². The lowest BCUT2D eigenvalue weighted by molar-refractivity contribution is -0.147. The molecule has 1 saturated heterocycles. The maximum Gasteiger partial charge on any atom is 0.345 e. The molecule has 0 spiro atoms. The number of carbonyl (C=O) groups is 4. The Morgan fingerprint density at radius 2 is 1.64 bits per heavy atom. The van der Waals surface area contributed by atoms with Crippen LogP contribution in [0.25, 0.3) is 0 Å². The monoisotopic (exact) mass is 545 g/mol. The first-order chi connectivity index (χ1) is 17.2. The van der Waals surface area contributed by atoms with Crippen LogP contribution in [0.1, 0.15) is 27.1 Å². The molecule has 184 valence electrons. The van der Waals surface area contributed by atoms with Crippen LogP contribution in [0.3, 0.4) is 0 Å². The highest BCUT2D eigenvalue weighted by atomic mass is 35.5. The van der Waals surface area contributed by atoms with Crippen molar-refractivity contribution in [2.24, 2.45) is 5.92 Å². The van der Waals surface area contributed by atoms with E-state index < -0.39 is 30.2 Å². The lowest BCUT2D eigenvalue weighted by Crippen LogP contribution is -2.27. The molecule has 3 aromatic rings. The van der Waals surface area contributed by atoms with E-state index in [-0.39, 0.29) is 40.8 Å². The van der Waals surface area contributed by atoms with Crippen LogP contribution in [-0.4, -0.2) is 36.8 Å². The summed E-state index contributed by atoms with van der Waals surface area (Å²) < 4.78 is 10.4. The topological polar surface area (TPSA) is 90.0 Å². The minimum atomic E-state index is -0.689. The summed E-state index contributed by atoms with van der Waals surface area (Å²) in [5.74, 6) is -2.47. The summed E-state index contributed by atoms with van der Waals surface area (Å²) in [5, 5.41) is 1.02. The maximum atomic E-state index is 12.5. The van der Waals surface area contributed by atoms with Crippen LogP contribution in [0.15, 0.2) is 66.7 Å². The number of halogens is 3. The van der Waals surface area contributed by atoms with Gasteiger partial charge in [-0.1, -0.05) is 40.9 Å². The van der Waals surface area contributed by atoms with Crippen molar-refractivity contribution in [2.75, 3.05) is 18.1 Å². The van der Waals surface area contributed by atoms with Gasteiger partial charge in [0.1, 0.15) is 5.75 Å². The van der Waals surface area contributed by atoms with Gasteiger partial charge < -0.3 is 14.4 Å². The minimum absolute atomic E-state index is 0.0166. The lowest BCUT2D eigenvalue weighted by Gasteiger charge is -2.16. The molecule has 0 aromatic heterocycles. The fraction of sp³-hybridized carbons (Fsp3) is 0.154. The molecule has 0 N–H and O–H groups in total. The van der Waals surface area contributed by atoms with E-state index >= 15 is 0 Å². The van der Waals surface area contributed by atoms with Gasteiger partial charge in [0.2, 0.25) is 5.91 Å². The molecule has 0 aliphatic carbocycles. The molecule has 3 aromatic carbocycles. The zero-order valence-electron chi connectivity index (χ0n) is 18.6. The second-order valence-electron chi connectivity index (χ2n) is 7.95. The molecule has 0 radical (unpaired) electrons. The molecule has 1 atom stereocenters. The van der Waals surface area contributed by atoms with Crippen molar-refractivity contribution in [3.8, 4) is 5.75 Å². The molecule has 1 fully saturated rings. The number of carbonyl (C=O) groups excluding carboxylic acids is 4. The molecule has 10 heteroatoms. The summed E-state index contributed by atoms with van der Waals surface area (Å²) in [5.41, 5.74) is 1.00. The molecule has 36 heavy (non-hydrogen) atoms. The summed E-state index contributed by atoms with van der Waals surface area (Å²) >= 11 is 17.8. The Kier molecular flexibility index (Phi) is 7.94. The number of hydrogen-bond donors (Lipinski definition) is 0. The van der Waals surface area contributed by atoms with Gasteiger partial charge >= 0.3 is 11.9 Å². The molecule has 0 bridgehead atoms. The molecule has 7 nitrogen and oxygen atoms in total. The van der Waals surface area contributed by atoms with Gasteiger partial charge in [-0.2, -0.15) is 0 Å². The van der Waals surface area contributed by atoms with E-state index in [4.69, 9.17) is 44.3 Å². The summed E-state index contributed by atoms with van der Waals surface area (Å²) in [4.78, 5) is 51.1. The summed E-state index contributed by atoms with van der Waals surface area (Å²) in [6.45, 7) is -0.343. The van der Waals surface area contributed by atoms with E-state index in [9.17, 15) is 19.2 Å². The van der Waals surface area contributed by atoms with Gasteiger partial charge in [-0.25, -0.2) is 4.79 Å².